The molecule has 3 rings (SSSR count). The summed E-state index contributed by atoms with van der Waals surface area (Å²) in [6, 6.07) is 6.10. The monoisotopic (exact) mass is 371 g/mol. The van der Waals surface area contributed by atoms with Crippen LogP contribution in [0.2, 0.25) is 0 Å². The van der Waals surface area contributed by atoms with Gasteiger partial charge in [-0.3, -0.25) is 14.4 Å². The second-order valence-corrected chi connectivity index (χ2v) is 7.65. The average Bonchev–Trinajstić information content (AvgIpc) is 2.82. The predicted molar refractivity (Wildman–Crippen MR) is 105 cm³/mol. The lowest BCUT2D eigenvalue weighted by Crippen LogP contribution is -2.52. The number of piperazine rings is 1. The van der Waals surface area contributed by atoms with E-state index in [9.17, 15) is 14.4 Å². The first-order chi connectivity index (χ1) is 12.9. The second kappa shape index (κ2) is 8.55. The Morgan fingerprint density at radius 3 is 2.37 bits per heavy atom. The van der Waals surface area contributed by atoms with Gasteiger partial charge in [-0.15, -0.1) is 0 Å². The van der Waals surface area contributed by atoms with Gasteiger partial charge in [-0.25, -0.2) is 0 Å². The summed E-state index contributed by atoms with van der Waals surface area (Å²) < 4.78 is 0. The molecule has 0 radical (unpaired) electrons. The Morgan fingerprint density at radius 1 is 0.926 bits per heavy atom. The molecule has 0 spiro atoms. The Kier molecular flexibility index (Phi) is 6.14. The van der Waals surface area contributed by atoms with E-state index in [2.05, 4.69) is 6.07 Å². The van der Waals surface area contributed by atoms with Gasteiger partial charge in [0.1, 0.15) is 6.54 Å². The van der Waals surface area contributed by atoms with Crippen LogP contribution < -0.4 is 4.90 Å². The van der Waals surface area contributed by atoms with Crippen LogP contribution >= 0.6 is 0 Å². The lowest BCUT2D eigenvalue weighted by atomic mass is 10.1. The molecule has 0 atom stereocenters. The molecule has 0 saturated carbocycles. The van der Waals surface area contributed by atoms with Crippen LogP contribution in [-0.4, -0.2) is 60.2 Å². The standard InChI is InChI=1S/C21H29N3O3/c1-16-12-17(2)14-18(13-16)24-11-10-23(15-21(24)27)20(26)7-9-22-8-5-3-4-6-19(22)25/h12-14H,3-11,15H2,1-2H3. The Bertz CT molecular complexity index is 711. The zero-order valence-corrected chi connectivity index (χ0v) is 16.4. The largest absolute Gasteiger partial charge is 0.342 e. The van der Waals surface area contributed by atoms with Gasteiger partial charge < -0.3 is 14.7 Å². The van der Waals surface area contributed by atoms with Crippen molar-refractivity contribution < 1.29 is 14.4 Å². The first-order valence-corrected chi connectivity index (χ1v) is 9.88. The average molecular weight is 371 g/mol. The third kappa shape index (κ3) is 4.87. The summed E-state index contributed by atoms with van der Waals surface area (Å²) >= 11 is 0. The molecule has 2 heterocycles. The van der Waals surface area contributed by atoms with Gasteiger partial charge in [0.05, 0.1) is 0 Å². The number of hydrogen-bond acceptors (Lipinski definition) is 3. The minimum Gasteiger partial charge on any atom is -0.342 e. The molecule has 2 aliphatic rings. The molecule has 6 heteroatoms. The van der Waals surface area contributed by atoms with Gasteiger partial charge in [-0.1, -0.05) is 12.5 Å². The molecule has 2 aliphatic heterocycles. The van der Waals surface area contributed by atoms with E-state index < -0.39 is 0 Å². The molecule has 1 aromatic carbocycles. The SMILES string of the molecule is Cc1cc(C)cc(N2CCN(C(=O)CCN3CCCCCC3=O)CC2=O)c1. The van der Waals surface area contributed by atoms with Crippen molar-refractivity contribution in [3.63, 3.8) is 0 Å². The number of carbonyl (C=O) groups is 3. The van der Waals surface area contributed by atoms with Gasteiger partial charge in [0.25, 0.3) is 0 Å². The number of likely N-dealkylation sites (tertiary alicyclic amines) is 1. The zero-order chi connectivity index (χ0) is 19.4. The van der Waals surface area contributed by atoms with Crippen LogP contribution in [0.25, 0.3) is 0 Å². The summed E-state index contributed by atoms with van der Waals surface area (Å²) in [6.07, 6.45) is 3.90. The van der Waals surface area contributed by atoms with Crippen molar-refractivity contribution >= 4 is 23.4 Å². The number of amides is 3. The van der Waals surface area contributed by atoms with E-state index in [0.717, 1.165) is 42.6 Å². The Hall–Kier alpha value is -2.37. The van der Waals surface area contributed by atoms with E-state index in [1.165, 1.54) is 0 Å². The van der Waals surface area contributed by atoms with Gasteiger partial charge in [0.2, 0.25) is 17.7 Å². The number of hydrogen-bond donors (Lipinski definition) is 0. The molecule has 0 aliphatic carbocycles. The molecule has 6 nitrogen and oxygen atoms in total. The first-order valence-electron chi connectivity index (χ1n) is 9.88. The highest BCUT2D eigenvalue weighted by molar-refractivity contribution is 5.98. The fourth-order valence-electron chi connectivity index (χ4n) is 3.93. The molecule has 0 aromatic heterocycles. The van der Waals surface area contributed by atoms with Crippen molar-refractivity contribution in [1.29, 1.82) is 0 Å². The van der Waals surface area contributed by atoms with Gasteiger partial charge in [0.15, 0.2) is 0 Å². The van der Waals surface area contributed by atoms with Crippen molar-refractivity contribution in [3.05, 3.63) is 29.3 Å². The van der Waals surface area contributed by atoms with E-state index >= 15 is 0 Å². The van der Waals surface area contributed by atoms with E-state index in [0.29, 0.717) is 32.5 Å². The van der Waals surface area contributed by atoms with E-state index in [-0.39, 0.29) is 24.3 Å². The van der Waals surface area contributed by atoms with E-state index in [4.69, 9.17) is 0 Å². The molecule has 2 saturated heterocycles. The van der Waals surface area contributed by atoms with Crippen molar-refractivity contribution in [3.8, 4) is 0 Å². The molecule has 0 N–H and O–H groups in total. The second-order valence-electron chi connectivity index (χ2n) is 7.65. The Balaban J connectivity index is 1.54. The van der Waals surface area contributed by atoms with Crippen LogP contribution in [-0.2, 0) is 14.4 Å². The van der Waals surface area contributed by atoms with Crippen LogP contribution in [0.5, 0.6) is 0 Å². The summed E-state index contributed by atoms with van der Waals surface area (Å²) in [6.45, 7) is 6.39. The highest BCUT2D eigenvalue weighted by atomic mass is 16.2. The maximum absolute atomic E-state index is 12.6. The van der Waals surface area contributed by atoms with Crippen LogP contribution in [0.4, 0.5) is 5.69 Å². The predicted octanol–water partition coefficient (Wildman–Crippen LogP) is 2.27. The van der Waals surface area contributed by atoms with Crippen LogP contribution in [0.15, 0.2) is 18.2 Å². The van der Waals surface area contributed by atoms with Gasteiger partial charge in [0, 0.05) is 44.7 Å². The first kappa shape index (κ1) is 19.4. The molecule has 0 bridgehead atoms. The van der Waals surface area contributed by atoms with Crippen LogP contribution in [0.3, 0.4) is 0 Å². The topological polar surface area (TPSA) is 60.9 Å². The minimum atomic E-state index is -0.0505. The summed E-state index contributed by atoms with van der Waals surface area (Å²) in [5.41, 5.74) is 3.15. The molecule has 2 fully saturated rings. The summed E-state index contributed by atoms with van der Waals surface area (Å²) in [7, 11) is 0. The number of nitrogens with zero attached hydrogens (tertiary/aromatic N) is 3. The highest BCUT2D eigenvalue weighted by Gasteiger charge is 2.28. The van der Waals surface area contributed by atoms with Crippen molar-refractivity contribution in [2.24, 2.45) is 0 Å². The fraction of sp³-hybridized carbons (Fsp3) is 0.571. The smallest absolute Gasteiger partial charge is 0.246 e. The van der Waals surface area contributed by atoms with Crippen molar-refractivity contribution in [2.75, 3.05) is 37.6 Å². The summed E-state index contributed by atoms with van der Waals surface area (Å²) in [4.78, 5) is 42.4. The summed E-state index contributed by atoms with van der Waals surface area (Å²) in [5, 5.41) is 0. The van der Waals surface area contributed by atoms with Gasteiger partial charge in [-0.05, 0) is 49.9 Å². The lowest BCUT2D eigenvalue weighted by molar-refractivity contribution is -0.138. The number of benzene rings is 1. The Morgan fingerprint density at radius 2 is 1.67 bits per heavy atom. The number of rotatable bonds is 4. The zero-order valence-electron chi connectivity index (χ0n) is 16.4. The molecular weight excluding hydrogens is 342 g/mol. The minimum absolute atomic E-state index is 0.0412. The maximum Gasteiger partial charge on any atom is 0.246 e. The number of anilines is 1. The molecule has 146 valence electrons. The molecule has 0 unspecified atom stereocenters. The molecule has 3 amide bonds. The number of carbonyl (C=O) groups excluding carboxylic acids is 3. The van der Waals surface area contributed by atoms with Crippen molar-refractivity contribution in [1.82, 2.24) is 9.80 Å². The lowest BCUT2D eigenvalue weighted by Gasteiger charge is -2.35. The molecular formula is C21H29N3O3. The van der Waals surface area contributed by atoms with Crippen LogP contribution in [0, 0.1) is 13.8 Å². The van der Waals surface area contributed by atoms with Crippen molar-refractivity contribution in [2.45, 2.75) is 46.0 Å². The normalized spacial score (nSPS) is 18.7. The maximum atomic E-state index is 12.6. The quantitative estimate of drug-likeness (QED) is 0.816. The number of aryl methyl sites for hydroxylation is 2. The fourth-order valence-corrected chi connectivity index (χ4v) is 3.93. The van der Waals surface area contributed by atoms with E-state index in [1.807, 2.05) is 26.0 Å². The third-order valence-electron chi connectivity index (χ3n) is 5.36. The van der Waals surface area contributed by atoms with Gasteiger partial charge in [-0.2, -0.15) is 0 Å². The molecule has 27 heavy (non-hydrogen) atoms. The third-order valence-corrected chi connectivity index (χ3v) is 5.36. The van der Waals surface area contributed by atoms with Crippen LogP contribution in [0.1, 0.15) is 43.2 Å². The van der Waals surface area contributed by atoms with Gasteiger partial charge >= 0.3 is 0 Å². The molecule has 1 aromatic rings. The highest BCUT2D eigenvalue weighted by Crippen LogP contribution is 2.21. The Labute approximate surface area is 161 Å². The summed E-state index contributed by atoms with van der Waals surface area (Å²) in [5.74, 6) is 0.0573. The van der Waals surface area contributed by atoms with E-state index in [1.54, 1.807) is 14.7 Å².